The Morgan fingerprint density at radius 1 is 1.21 bits per heavy atom. The Labute approximate surface area is 84.8 Å². The standard InChI is InChI=1S/C13H15N/c1-4-11-8-12-7-5-6-9(2)13(12)14-10(11)3/h5-8H,4H2,1-3H3. The van der Waals surface area contributed by atoms with Crippen LogP contribution in [0, 0.1) is 13.8 Å². The Kier molecular flexibility index (Phi) is 2.24. The van der Waals surface area contributed by atoms with Gasteiger partial charge in [-0.3, -0.25) is 4.98 Å². The molecule has 1 heterocycles. The summed E-state index contributed by atoms with van der Waals surface area (Å²) in [4.78, 5) is 4.65. The van der Waals surface area contributed by atoms with E-state index in [1.807, 2.05) is 0 Å². The molecule has 0 fully saturated rings. The van der Waals surface area contributed by atoms with Crippen molar-refractivity contribution in [3.63, 3.8) is 0 Å². The fraction of sp³-hybridized carbons (Fsp3) is 0.308. The Morgan fingerprint density at radius 3 is 2.71 bits per heavy atom. The van der Waals surface area contributed by atoms with Crippen molar-refractivity contribution >= 4 is 10.9 Å². The van der Waals surface area contributed by atoms with E-state index in [0.717, 1.165) is 17.6 Å². The molecule has 0 radical (unpaired) electrons. The van der Waals surface area contributed by atoms with Crippen LogP contribution in [0.5, 0.6) is 0 Å². The van der Waals surface area contributed by atoms with Crippen molar-refractivity contribution in [2.45, 2.75) is 27.2 Å². The first-order valence-corrected chi connectivity index (χ1v) is 5.08. The summed E-state index contributed by atoms with van der Waals surface area (Å²) < 4.78 is 0. The van der Waals surface area contributed by atoms with E-state index in [1.54, 1.807) is 0 Å². The predicted molar refractivity (Wildman–Crippen MR) is 60.6 cm³/mol. The first kappa shape index (κ1) is 9.20. The molecular weight excluding hydrogens is 170 g/mol. The molecule has 0 N–H and O–H groups in total. The number of aryl methyl sites for hydroxylation is 3. The third kappa shape index (κ3) is 1.39. The van der Waals surface area contributed by atoms with Gasteiger partial charge >= 0.3 is 0 Å². The lowest BCUT2D eigenvalue weighted by molar-refractivity contribution is 1.07. The van der Waals surface area contributed by atoms with E-state index in [2.05, 4.69) is 50.0 Å². The quantitative estimate of drug-likeness (QED) is 0.663. The van der Waals surface area contributed by atoms with Gasteiger partial charge in [0.25, 0.3) is 0 Å². The lowest BCUT2D eigenvalue weighted by atomic mass is 10.1. The second-order valence-corrected chi connectivity index (χ2v) is 3.73. The van der Waals surface area contributed by atoms with Gasteiger partial charge in [0, 0.05) is 11.1 Å². The molecule has 0 spiro atoms. The smallest absolute Gasteiger partial charge is 0.0734 e. The van der Waals surface area contributed by atoms with Crippen LogP contribution in [0.25, 0.3) is 10.9 Å². The van der Waals surface area contributed by atoms with Crippen molar-refractivity contribution in [3.8, 4) is 0 Å². The largest absolute Gasteiger partial charge is 0.253 e. The third-order valence-electron chi connectivity index (χ3n) is 2.72. The van der Waals surface area contributed by atoms with Gasteiger partial charge in [-0.25, -0.2) is 0 Å². The van der Waals surface area contributed by atoms with Crippen LogP contribution in [0.1, 0.15) is 23.7 Å². The summed E-state index contributed by atoms with van der Waals surface area (Å²) in [7, 11) is 0. The Hall–Kier alpha value is -1.37. The van der Waals surface area contributed by atoms with E-state index in [0.29, 0.717) is 0 Å². The fourth-order valence-electron chi connectivity index (χ4n) is 1.84. The molecule has 1 heteroatoms. The van der Waals surface area contributed by atoms with Crippen LogP contribution >= 0.6 is 0 Å². The zero-order valence-corrected chi connectivity index (χ0v) is 8.96. The molecule has 0 aliphatic carbocycles. The molecule has 0 aliphatic rings. The van der Waals surface area contributed by atoms with E-state index >= 15 is 0 Å². The molecule has 1 aromatic carbocycles. The molecule has 1 nitrogen and oxygen atoms in total. The number of aromatic nitrogens is 1. The molecule has 72 valence electrons. The van der Waals surface area contributed by atoms with Crippen molar-refractivity contribution in [2.24, 2.45) is 0 Å². The highest BCUT2D eigenvalue weighted by atomic mass is 14.7. The SMILES string of the molecule is CCc1cc2cccc(C)c2nc1C. The molecule has 0 aliphatic heterocycles. The molecule has 2 rings (SSSR count). The molecule has 0 unspecified atom stereocenters. The van der Waals surface area contributed by atoms with Crippen LogP contribution in [-0.4, -0.2) is 4.98 Å². The maximum absolute atomic E-state index is 4.65. The van der Waals surface area contributed by atoms with Crippen LogP contribution in [0.2, 0.25) is 0 Å². The minimum absolute atomic E-state index is 1.06. The Bertz CT molecular complexity index is 472. The van der Waals surface area contributed by atoms with Crippen molar-refractivity contribution in [3.05, 3.63) is 41.1 Å². The zero-order chi connectivity index (χ0) is 10.1. The highest BCUT2D eigenvalue weighted by Crippen LogP contribution is 2.19. The molecule has 0 saturated heterocycles. The van der Waals surface area contributed by atoms with Gasteiger partial charge in [0.05, 0.1) is 5.52 Å². The number of fused-ring (bicyclic) bond motifs is 1. The number of pyridine rings is 1. The predicted octanol–water partition coefficient (Wildman–Crippen LogP) is 3.41. The van der Waals surface area contributed by atoms with Crippen LogP contribution in [0.3, 0.4) is 0 Å². The van der Waals surface area contributed by atoms with Gasteiger partial charge < -0.3 is 0 Å². The van der Waals surface area contributed by atoms with E-state index in [9.17, 15) is 0 Å². The minimum atomic E-state index is 1.06. The first-order chi connectivity index (χ1) is 6.72. The summed E-state index contributed by atoms with van der Waals surface area (Å²) in [6.45, 7) is 6.37. The summed E-state index contributed by atoms with van der Waals surface area (Å²) in [6, 6.07) is 8.59. The van der Waals surface area contributed by atoms with Gasteiger partial charge in [0.1, 0.15) is 0 Å². The van der Waals surface area contributed by atoms with Gasteiger partial charge in [-0.1, -0.05) is 25.1 Å². The van der Waals surface area contributed by atoms with Gasteiger partial charge in [-0.15, -0.1) is 0 Å². The highest BCUT2D eigenvalue weighted by Gasteiger charge is 2.02. The summed E-state index contributed by atoms with van der Waals surface area (Å²) in [5.41, 5.74) is 4.91. The number of rotatable bonds is 1. The van der Waals surface area contributed by atoms with E-state index in [4.69, 9.17) is 0 Å². The second kappa shape index (κ2) is 3.41. The van der Waals surface area contributed by atoms with Gasteiger partial charge in [-0.05, 0) is 37.5 Å². The number of para-hydroxylation sites is 1. The molecular formula is C13H15N. The van der Waals surface area contributed by atoms with Gasteiger partial charge in [0.2, 0.25) is 0 Å². The van der Waals surface area contributed by atoms with Crippen LogP contribution in [0.15, 0.2) is 24.3 Å². The zero-order valence-electron chi connectivity index (χ0n) is 8.96. The molecule has 0 amide bonds. The van der Waals surface area contributed by atoms with E-state index < -0.39 is 0 Å². The average Bonchev–Trinajstić information content (AvgIpc) is 2.19. The van der Waals surface area contributed by atoms with Crippen molar-refractivity contribution in [1.29, 1.82) is 0 Å². The summed E-state index contributed by atoms with van der Waals surface area (Å²) in [5.74, 6) is 0. The number of benzene rings is 1. The molecule has 2 aromatic rings. The van der Waals surface area contributed by atoms with E-state index in [1.165, 1.54) is 16.5 Å². The van der Waals surface area contributed by atoms with Crippen molar-refractivity contribution in [1.82, 2.24) is 4.98 Å². The van der Waals surface area contributed by atoms with Crippen LogP contribution in [0.4, 0.5) is 0 Å². The highest BCUT2D eigenvalue weighted by molar-refractivity contribution is 5.82. The maximum Gasteiger partial charge on any atom is 0.0734 e. The minimum Gasteiger partial charge on any atom is -0.253 e. The summed E-state index contributed by atoms with van der Waals surface area (Å²) in [5, 5.41) is 1.26. The number of nitrogens with zero attached hydrogens (tertiary/aromatic N) is 1. The Balaban J connectivity index is 2.79. The summed E-state index contributed by atoms with van der Waals surface area (Å²) >= 11 is 0. The molecule has 0 bridgehead atoms. The molecule has 0 saturated carbocycles. The lowest BCUT2D eigenvalue weighted by Crippen LogP contribution is -1.93. The monoisotopic (exact) mass is 185 g/mol. The molecule has 14 heavy (non-hydrogen) atoms. The fourth-order valence-corrected chi connectivity index (χ4v) is 1.84. The normalized spacial score (nSPS) is 10.8. The Morgan fingerprint density at radius 2 is 2.00 bits per heavy atom. The maximum atomic E-state index is 4.65. The topological polar surface area (TPSA) is 12.9 Å². The first-order valence-electron chi connectivity index (χ1n) is 5.08. The molecule has 1 aromatic heterocycles. The number of hydrogen-bond donors (Lipinski definition) is 0. The molecule has 0 atom stereocenters. The van der Waals surface area contributed by atoms with Gasteiger partial charge in [-0.2, -0.15) is 0 Å². The van der Waals surface area contributed by atoms with Crippen molar-refractivity contribution < 1.29 is 0 Å². The van der Waals surface area contributed by atoms with Crippen molar-refractivity contribution in [2.75, 3.05) is 0 Å². The van der Waals surface area contributed by atoms with Gasteiger partial charge in [0.15, 0.2) is 0 Å². The van der Waals surface area contributed by atoms with Crippen LogP contribution in [-0.2, 0) is 6.42 Å². The van der Waals surface area contributed by atoms with E-state index in [-0.39, 0.29) is 0 Å². The second-order valence-electron chi connectivity index (χ2n) is 3.73. The number of hydrogen-bond acceptors (Lipinski definition) is 1. The summed E-state index contributed by atoms with van der Waals surface area (Å²) in [6.07, 6.45) is 1.06. The average molecular weight is 185 g/mol. The van der Waals surface area contributed by atoms with Crippen LogP contribution < -0.4 is 0 Å². The third-order valence-corrected chi connectivity index (χ3v) is 2.72. The lowest BCUT2D eigenvalue weighted by Gasteiger charge is -2.06.